The number of nitrogens with one attached hydrogen (secondary N) is 1. The smallest absolute Gasteiger partial charge is 0.251 e. The molecule has 1 aromatic carbocycles. The van der Waals surface area contributed by atoms with Gasteiger partial charge in [0.1, 0.15) is 0 Å². The molecule has 1 N–H and O–H groups in total. The van der Waals surface area contributed by atoms with Gasteiger partial charge >= 0.3 is 0 Å². The standard InChI is InChI=1S/C17H21N3O2S/c1-3-4-8-13-11-15(21)19-17(18-13)23-12-16(22)20(2)14-9-6-5-7-10-14/h5-7,9-11H,3-4,8,12H2,1-2H3,(H,18,19,21). The number of thioether (sulfide) groups is 1. The van der Waals surface area contributed by atoms with Gasteiger partial charge in [-0.3, -0.25) is 9.59 Å². The fourth-order valence-corrected chi connectivity index (χ4v) is 2.87. The van der Waals surface area contributed by atoms with Crippen LogP contribution >= 0.6 is 11.8 Å². The van der Waals surface area contributed by atoms with Crippen LogP contribution in [-0.4, -0.2) is 28.7 Å². The van der Waals surface area contributed by atoms with Crippen molar-refractivity contribution in [3.05, 3.63) is 52.4 Å². The van der Waals surface area contributed by atoms with Crippen LogP contribution in [0.2, 0.25) is 0 Å². The summed E-state index contributed by atoms with van der Waals surface area (Å²) in [5.41, 5.74) is 1.45. The van der Waals surface area contributed by atoms with Gasteiger partial charge in [-0.25, -0.2) is 4.98 Å². The van der Waals surface area contributed by atoms with Gasteiger partial charge in [0, 0.05) is 24.5 Å². The van der Waals surface area contributed by atoms with Crippen molar-refractivity contribution in [3.8, 4) is 0 Å². The first-order valence-corrected chi connectivity index (χ1v) is 8.63. The van der Waals surface area contributed by atoms with Crippen LogP contribution in [0.5, 0.6) is 0 Å². The average Bonchev–Trinajstić information content (AvgIpc) is 2.57. The van der Waals surface area contributed by atoms with Crippen LogP contribution < -0.4 is 10.5 Å². The third kappa shape index (κ3) is 5.25. The molecule has 0 aliphatic carbocycles. The summed E-state index contributed by atoms with van der Waals surface area (Å²) in [6.07, 6.45) is 2.83. The van der Waals surface area contributed by atoms with Crippen molar-refractivity contribution < 1.29 is 4.79 Å². The van der Waals surface area contributed by atoms with E-state index in [1.807, 2.05) is 30.3 Å². The number of carbonyl (C=O) groups is 1. The molecule has 0 radical (unpaired) electrons. The van der Waals surface area contributed by atoms with Crippen LogP contribution in [0.3, 0.4) is 0 Å². The lowest BCUT2D eigenvalue weighted by molar-refractivity contribution is -0.115. The number of aromatic amines is 1. The van der Waals surface area contributed by atoms with Crippen molar-refractivity contribution in [2.24, 2.45) is 0 Å². The summed E-state index contributed by atoms with van der Waals surface area (Å²) in [4.78, 5) is 32.6. The van der Waals surface area contributed by atoms with Crippen LogP contribution in [0.15, 0.2) is 46.3 Å². The Morgan fingerprint density at radius 2 is 2.04 bits per heavy atom. The normalized spacial score (nSPS) is 10.5. The zero-order chi connectivity index (χ0) is 16.7. The summed E-state index contributed by atoms with van der Waals surface area (Å²) in [5.74, 6) is 0.189. The maximum atomic E-state index is 12.2. The summed E-state index contributed by atoms with van der Waals surface area (Å²) < 4.78 is 0. The second-order valence-corrected chi connectivity index (χ2v) is 6.19. The third-order valence-electron chi connectivity index (χ3n) is 3.41. The number of anilines is 1. The minimum absolute atomic E-state index is 0.0391. The first-order chi connectivity index (χ1) is 11.1. The molecule has 0 saturated heterocycles. The highest BCUT2D eigenvalue weighted by Crippen LogP contribution is 2.16. The fraction of sp³-hybridized carbons (Fsp3) is 0.353. The first kappa shape index (κ1) is 17.3. The number of hydrogen-bond acceptors (Lipinski definition) is 4. The molecule has 1 aromatic heterocycles. The number of H-pyrrole nitrogens is 1. The van der Waals surface area contributed by atoms with Crippen molar-refractivity contribution in [3.63, 3.8) is 0 Å². The van der Waals surface area contributed by atoms with Gasteiger partial charge < -0.3 is 9.88 Å². The fourth-order valence-electron chi connectivity index (χ4n) is 2.06. The quantitative estimate of drug-likeness (QED) is 0.626. The van der Waals surface area contributed by atoms with Crippen LogP contribution in [0.25, 0.3) is 0 Å². The number of rotatable bonds is 7. The topological polar surface area (TPSA) is 66.1 Å². The van der Waals surface area contributed by atoms with Gasteiger partial charge in [0.2, 0.25) is 5.91 Å². The van der Waals surface area contributed by atoms with Gasteiger partial charge in [0.15, 0.2) is 5.16 Å². The highest BCUT2D eigenvalue weighted by Gasteiger charge is 2.12. The number of amides is 1. The summed E-state index contributed by atoms with van der Waals surface area (Å²) in [6, 6.07) is 11.0. The lowest BCUT2D eigenvalue weighted by Gasteiger charge is -2.16. The largest absolute Gasteiger partial charge is 0.315 e. The van der Waals surface area contributed by atoms with E-state index in [1.54, 1.807) is 11.9 Å². The molecule has 2 rings (SSSR count). The number of carbonyl (C=O) groups excluding carboxylic acids is 1. The molecule has 0 atom stereocenters. The Morgan fingerprint density at radius 1 is 1.30 bits per heavy atom. The van der Waals surface area contributed by atoms with Crippen molar-refractivity contribution in [1.82, 2.24) is 9.97 Å². The van der Waals surface area contributed by atoms with E-state index in [0.717, 1.165) is 30.6 Å². The molecule has 0 unspecified atom stereocenters. The molecular weight excluding hydrogens is 310 g/mol. The van der Waals surface area contributed by atoms with Gasteiger partial charge in [0.25, 0.3) is 5.56 Å². The molecule has 0 fully saturated rings. The van der Waals surface area contributed by atoms with Gasteiger partial charge in [-0.2, -0.15) is 0 Å². The van der Waals surface area contributed by atoms with Crippen molar-refractivity contribution in [1.29, 1.82) is 0 Å². The zero-order valence-corrected chi connectivity index (χ0v) is 14.2. The van der Waals surface area contributed by atoms with Crippen LogP contribution in [-0.2, 0) is 11.2 Å². The molecule has 5 nitrogen and oxygen atoms in total. The minimum Gasteiger partial charge on any atom is -0.315 e. The third-order valence-corrected chi connectivity index (χ3v) is 4.27. The molecule has 0 aliphatic heterocycles. The molecule has 1 heterocycles. The predicted octanol–water partition coefficient (Wildman–Crippen LogP) is 2.87. The number of aromatic nitrogens is 2. The van der Waals surface area contributed by atoms with Gasteiger partial charge in [-0.15, -0.1) is 0 Å². The van der Waals surface area contributed by atoms with E-state index in [0.29, 0.717) is 5.16 Å². The number of hydrogen-bond donors (Lipinski definition) is 1. The summed E-state index contributed by atoms with van der Waals surface area (Å²) in [6.45, 7) is 2.10. The van der Waals surface area contributed by atoms with Crippen LogP contribution in [0, 0.1) is 0 Å². The molecular formula is C17H21N3O2S. The van der Waals surface area contributed by atoms with Crippen molar-refractivity contribution in [2.45, 2.75) is 31.3 Å². The molecule has 2 aromatic rings. The minimum atomic E-state index is -0.169. The van der Waals surface area contributed by atoms with Crippen molar-refractivity contribution >= 4 is 23.4 Å². The number of para-hydroxylation sites is 1. The van der Waals surface area contributed by atoms with E-state index in [-0.39, 0.29) is 17.2 Å². The molecule has 0 saturated carbocycles. The lowest BCUT2D eigenvalue weighted by atomic mass is 10.2. The summed E-state index contributed by atoms with van der Waals surface area (Å²) >= 11 is 1.26. The second-order valence-electron chi connectivity index (χ2n) is 5.22. The Kier molecular flexibility index (Phi) is 6.40. The van der Waals surface area contributed by atoms with E-state index >= 15 is 0 Å². The average molecular weight is 331 g/mol. The molecule has 0 bridgehead atoms. The summed E-state index contributed by atoms with van der Waals surface area (Å²) in [7, 11) is 1.74. The van der Waals surface area contributed by atoms with Gasteiger partial charge in [-0.1, -0.05) is 43.3 Å². The van der Waals surface area contributed by atoms with Crippen LogP contribution in [0.1, 0.15) is 25.5 Å². The summed E-state index contributed by atoms with van der Waals surface area (Å²) in [5, 5.41) is 0.499. The number of aryl methyl sites for hydroxylation is 1. The molecule has 122 valence electrons. The molecule has 0 aliphatic rings. The maximum absolute atomic E-state index is 12.2. The van der Waals surface area contributed by atoms with Gasteiger partial charge in [0.05, 0.1) is 5.75 Å². The lowest BCUT2D eigenvalue weighted by Crippen LogP contribution is -2.28. The predicted molar refractivity (Wildman–Crippen MR) is 94.0 cm³/mol. The van der Waals surface area contributed by atoms with E-state index in [4.69, 9.17) is 0 Å². The Labute approximate surface area is 140 Å². The zero-order valence-electron chi connectivity index (χ0n) is 13.4. The highest BCUT2D eigenvalue weighted by molar-refractivity contribution is 7.99. The molecule has 23 heavy (non-hydrogen) atoms. The number of nitrogens with zero attached hydrogens (tertiary/aromatic N) is 2. The Morgan fingerprint density at radius 3 is 2.74 bits per heavy atom. The van der Waals surface area contributed by atoms with E-state index in [2.05, 4.69) is 16.9 Å². The number of unbranched alkanes of at least 4 members (excludes halogenated alkanes) is 1. The molecule has 1 amide bonds. The Hall–Kier alpha value is -2.08. The van der Waals surface area contributed by atoms with E-state index in [1.165, 1.54) is 17.8 Å². The first-order valence-electron chi connectivity index (χ1n) is 7.64. The molecule has 6 heteroatoms. The SMILES string of the molecule is CCCCc1cc(=O)[nH]c(SCC(=O)N(C)c2ccccc2)n1. The van der Waals surface area contributed by atoms with E-state index < -0.39 is 0 Å². The second kappa shape index (κ2) is 8.53. The van der Waals surface area contributed by atoms with Crippen LogP contribution in [0.4, 0.5) is 5.69 Å². The van der Waals surface area contributed by atoms with E-state index in [9.17, 15) is 9.59 Å². The monoisotopic (exact) mass is 331 g/mol. The molecule has 0 spiro atoms. The Bertz CT molecular complexity index is 700. The maximum Gasteiger partial charge on any atom is 0.251 e. The Balaban J connectivity index is 1.98. The van der Waals surface area contributed by atoms with Crippen molar-refractivity contribution in [2.75, 3.05) is 17.7 Å². The number of benzene rings is 1. The van der Waals surface area contributed by atoms with Gasteiger partial charge in [-0.05, 0) is 25.0 Å². The highest BCUT2D eigenvalue weighted by atomic mass is 32.2.